The van der Waals surface area contributed by atoms with E-state index in [9.17, 15) is 23.1 Å². The molecule has 0 spiro atoms. The lowest BCUT2D eigenvalue weighted by Gasteiger charge is -2.19. The molecule has 0 heterocycles. The van der Waals surface area contributed by atoms with E-state index in [1.807, 2.05) is 6.92 Å². The molecule has 0 bridgehead atoms. The fraction of sp³-hybridized carbons (Fsp3) is 0.333. The number of phenols is 1. The number of anilines is 2. The number of rotatable bonds is 10. The summed E-state index contributed by atoms with van der Waals surface area (Å²) < 4.78 is 27.7. The Balaban J connectivity index is 2.00. The first-order chi connectivity index (χ1) is 14.6. The second kappa shape index (κ2) is 10.6. The minimum absolute atomic E-state index is 0.112. The molecule has 0 fully saturated rings. The number of carbonyl (C=O) groups is 2. The number of aromatic hydroxyl groups is 1. The first-order valence-electron chi connectivity index (χ1n) is 9.72. The van der Waals surface area contributed by atoms with Gasteiger partial charge in [-0.05, 0) is 43.5 Å². The van der Waals surface area contributed by atoms with Gasteiger partial charge in [0.05, 0.1) is 21.3 Å². The monoisotopic (exact) mass is 467 g/mol. The number of phenolic OH excluding ortho intramolecular Hbond substituents is 1. The largest absolute Gasteiger partial charge is 0.506 e. The zero-order valence-electron chi connectivity index (χ0n) is 17.5. The molecule has 0 saturated carbocycles. The van der Waals surface area contributed by atoms with Crippen molar-refractivity contribution in [3.8, 4) is 5.75 Å². The van der Waals surface area contributed by atoms with E-state index in [-0.39, 0.29) is 33.5 Å². The average molecular weight is 468 g/mol. The van der Waals surface area contributed by atoms with Crippen LogP contribution in [-0.2, 0) is 26.0 Å². The normalized spacial score (nSPS) is 13.3. The Bertz CT molecular complexity index is 1040. The minimum atomic E-state index is -3.71. The smallest absolute Gasteiger partial charge is 0.240 e. The number of benzene rings is 2. The van der Waals surface area contributed by atoms with Gasteiger partial charge in [-0.2, -0.15) is 0 Å². The Morgan fingerprint density at radius 3 is 2.39 bits per heavy atom. The third kappa shape index (κ3) is 6.68. The predicted molar refractivity (Wildman–Crippen MR) is 121 cm³/mol. The third-order valence-electron chi connectivity index (χ3n) is 4.71. The van der Waals surface area contributed by atoms with Crippen molar-refractivity contribution < 1.29 is 23.1 Å². The van der Waals surface area contributed by atoms with Gasteiger partial charge in [0.1, 0.15) is 5.75 Å². The molecule has 31 heavy (non-hydrogen) atoms. The van der Waals surface area contributed by atoms with Gasteiger partial charge in [-0.25, -0.2) is 13.1 Å². The molecule has 0 aliphatic carbocycles. The minimum Gasteiger partial charge on any atom is -0.506 e. The fourth-order valence-corrected chi connectivity index (χ4v) is 4.48. The van der Waals surface area contributed by atoms with Crippen molar-refractivity contribution in [1.29, 1.82) is 0 Å². The van der Waals surface area contributed by atoms with E-state index < -0.39 is 27.9 Å². The van der Waals surface area contributed by atoms with Crippen LogP contribution >= 0.6 is 11.6 Å². The summed E-state index contributed by atoms with van der Waals surface area (Å²) in [5, 5.41) is 14.9. The molecule has 2 unspecified atom stereocenters. The third-order valence-corrected chi connectivity index (χ3v) is 6.63. The highest BCUT2D eigenvalue weighted by molar-refractivity contribution is 7.89. The number of hydrogen-bond donors (Lipinski definition) is 4. The molecule has 4 N–H and O–H groups in total. The van der Waals surface area contributed by atoms with Crippen molar-refractivity contribution >= 4 is 45.3 Å². The molecule has 0 radical (unpaired) electrons. The maximum atomic E-state index is 12.6. The number of nitrogens with one attached hydrogen (secondary N) is 3. The molecule has 0 aromatic heterocycles. The highest BCUT2D eigenvalue weighted by atomic mass is 35.5. The topological polar surface area (TPSA) is 125 Å². The van der Waals surface area contributed by atoms with E-state index in [4.69, 9.17) is 11.6 Å². The van der Waals surface area contributed by atoms with Crippen molar-refractivity contribution in [3.63, 3.8) is 0 Å². The lowest BCUT2D eigenvalue weighted by atomic mass is 10.0. The standard InChI is InChI=1S/C21H26ClN3O5S/c1-4-15-5-7-16(8-6-15)31(29,30)25-14(3)9-13(2)21(28)24-18-11-20(27)19(23-12-26)10-17(18)22/h5-8,10-14,25,27H,4,9H2,1-3H3,(H,23,26)(H,24,28). The Morgan fingerprint density at radius 1 is 1.16 bits per heavy atom. The van der Waals surface area contributed by atoms with Crippen molar-refractivity contribution in [2.24, 2.45) is 5.92 Å². The molecule has 2 atom stereocenters. The first kappa shape index (κ1) is 24.6. The van der Waals surface area contributed by atoms with E-state index in [1.54, 1.807) is 38.1 Å². The summed E-state index contributed by atoms with van der Waals surface area (Å²) in [6.07, 6.45) is 1.45. The molecule has 2 amide bonds. The lowest BCUT2D eigenvalue weighted by Crippen LogP contribution is -2.35. The number of halogens is 1. The zero-order valence-corrected chi connectivity index (χ0v) is 19.0. The van der Waals surface area contributed by atoms with E-state index in [0.29, 0.717) is 6.41 Å². The number of aryl methyl sites for hydroxylation is 1. The van der Waals surface area contributed by atoms with Gasteiger partial charge in [0.2, 0.25) is 22.3 Å². The van der Waals surface area contributed by atoms with Crippen LogP contribution in [0.15, 0.2) is 41.3 Å². The molecule has 2 aromatic rings. The van der Waals surface area contributed by atoms with Crippen LogP contribution in [0.5, 0.6) is 5.75 Å². The molecule has 0 aliphatic rings. The quantitative estimate of drug-likeness (QED) is 0.314. The first-order valence-corrected chi connectivity index (χ1v) is 11.6. The van der Waals surface area contributed by atoms with Crippen LogP contribution in [0.1, 0.15) is 32.8 Å². The Morgan fingerprint density at radius 2 is 1.81 bits per heavy atom. The van der Waals surface area contributed by atoms with Crippen LogP contribution in [0.2, 0.25) is 5.02 Å². The maximum absolute atomic E-state index is 12.6. The Kier molecular flexibility index (Phi) is 8.43. The number of amides is 2. The summed E-state index contributed by atoms with van der Waals surface area (Å²) in [6.45, 7) is 5.33. The number of hydrogen-bond acceptors (Lipinski definition) is 5. The van der Waals surface area contributed by atoms with Gasteiger partial charge in [0.25, 0.3) is 0 Å². The van der Waals surface area contributed by atoms with Gasteiger partial charge in [-0.3, -0.25) is 9.59 Å². The second-order valence-corrected chi connectivity index (χ2v) is 9.38. The van der Waals surface area contributed by atoms with Crippen LogP contribution in [0.4, 0.5) is 11.4 Å². The molecule has 2 rings (SSSR count). The van der Waals surface area contributed by atoms with Crippen molar-refractivity contribution in [1.82, 2.24) is 4.72 Å². The lowest BCUT2D eigenvalue weighted by molar-refractivity contribution is -0.119. The molecular formula is C21H26ClN3O5S. The van der Waals surface area contributed by atoms with Crippen molar-refractivity contribution in [3.05, 3.63) is 47.0 Å². The predicted octanol–water partition coefficient (Wildman–Crippen LogP) is 3.51. The number of sulfonamides is 1. The summed E-state index contributed by atoms with van der Waals surface area (Å²) in [7, 11) is -3.71. The van der Waals surface area contributed by atoms with Crippen molar-refractivity contribution in [2.45, 2.75) is 44.6 Å². The summed E-state index contributed by atoms with van der Waals surface area (Å²) >= 11 is 6.09. The molecule has 0 aliphatic heterocycles. The molecule has 10 heteroatoms. The average Bonchev–Trinajstić information content (AvgIpc) is 2.71. The van der Waals surface area contributed by atoms with E-state index in [2.05, 4.69) is 15.4 Å². The van der Waals surface area contributed by atoms with Gasteiger partial charge in [-0.1, -0.05) is 37.6 Å². The highest BCUT2D eigenvalue weighted by Gasteiger charge is 2.22. The van der Waals surface area contributed by atoms with Gasteiger partial charge in [0.15, 0.2) is 0 Å². The summed E-state index contributed by atoms with van der Waals surface area (Å²) in [5.74, 6) is -1.20. The Hall–Kier alpha value is -2.62. The van der Waals surface area contributed by atoms with Crippen LogP contribution in [0, 0.1) is 5.92 Å². The molecule has 2 aromatic carbocycles. The zero-order chi connectivity index (χ0) is 23.2. The summed E-state index contributed by atoms with van der Waals surface area (Å²) in [5.41, 5.74) is 1.33. The van der Waals surface area contributed by atoms with Crippen LogP contribution in [0.3, 0.4) is 0 Å². The van der Waals surface area contributed by atoms with Gasteiger partial charge in [-0.15, -0.1) is 0 Å². The highest BCUT2D eigenvalue weighted by Crippen LogP contribution is 2.33. The fourth-order valence-electron chi connectivity index (χ4n) is 3.02. The second-order valence-electron chi connectivity index (χ2n) is 7.26. The van der Waals surface area contributed by atoms with E-state index >= 15 is 0 Å². The molecule has 0 saturated heterocycles. The molecular weight excluding hydrogens is 442 g/mol. The van der Waals surface area contributed by atoms with Gasteiger partial charge >= 0.3 is 0 Å². The molecule has 168 valence electrons. The van der Waals surface area contributed by atoms with Crippen LogP contribution in [-0.4, -0.2) is 31.9 Å². The van der Waals surface area contributed by atoms with Gasteiger partial charge in [0, 0.05) is 18.0 Å². The van der Waals surface area contributed by atoms with E-state index in [1.165, 1.54) is 12.1 Å². The van der Waals surface area contributed by atoms with Crippen LogP contribution in [0.25, 0.3) is 0 Å². The maximum Gasteiger partial charge on any atom is 0.240 e. The van der Waals surface area contributed by atoms with Gasteiger partial charge < -0.3 is 15.7 Å². The van der Waals surface area contributed by atoms with E-state index in [0.717, 1.165) is 12.0 Å². The molecule has 8 nitrogen and oxygen atoms in total. The number of carbonyl (C=O) groups excluding carboxylic acids is 2. The summed E-state index contributed by atoms with van der Waals surface area (Å²) in [6, 6.07) is 8.69. The Labute approximate surface area is 187 Å². The van der Waals surface area contributed by atoms with Crippen molar-refractivity contribution in [2.75, 3.05) is 10.6 Å². The summed E-state index contributed by atoms with van der Waals surface area (Å²) in [4.78, 5) is 23.2. The SMILES string of the molecule is CCc1ccc(S(=O)(=O)NC(C)CC(C)C(=O)Nc2cc(O)c(NC=O)cc2Cl)cc1. The van der Waals surface area contributed by atoms with Crippen LogP contribution < -0.4 is 15.4 Å².